The fourth-order valence-electron chi connectivity index (χ4n) is 6.82. The normalized spacial score (nSPS) is 17.1. The Balaban J connectivity index is 0.000000227. The minimum absolute atomic E-state index is 0.0300. The number of amides is 2. The van der Waals surface area contributed by atoms with E-state index in [0.717, 1.165) is 76.3 Å². The molecule has 0 radical (unpaired) electrons. The quantitative estimate of drug-likeness (QED) is 0.143. The van der Waals surface area contributed by atoms with Crippen LogP contribution in [0.5, 0.6) is 0 Å². The number of nitrogens with two attached hydrogens (primary N) is 2. The summed E-state index contributed by atoms with van der Waals surface area (Å²) in [5.74, 6) is -0.602. The van der Waals surface area contributed by atoms with E-state index < -0.39 is 11.8 Å². The Kier molecular flexibility index (Phi) is 11.7. The van der Waals surface area contributed by atoms with E-state index in [9.17, 15) is 9.59 Å². The molecule has 0 spiro atoms. The maximum atomic E-state index is 13.5. The molecule has 2 saturated heterocycles. The Labute approximate surface area is 327 Å². The molecular formula is C40H45BrN10O4. The molecule has 8 rings (SSSR count). The van der Waals surface area contributed by atoms with Crippen LogP contribution in [0.4, 0.5) is 17.3 Å². The maximum absolute atomic E-state index is 13.5. The van der Waals surface area contributed by atoms with Crippen molar-refractivity contribution < 1.29 is 19.1 Å². The molecule has 6 aromatic rings. The molecule has 55 heavy (non-hydrogen) atoms. The number of aromatic nitrogens is 6. The van der Waals surface area contributed by atoms with Gasteiger partial charge in [-0.05, 0) is 90.6 Å². The molecule has 2 aromatic carbocycles. The molecule has 0 saturated carbocycles. The SMILES string of the molecule is Cc1cccc(CN(Cc2ccccc2)C(=O)C(=O)Nc2cnc(N)c3cn(C4CCCCO4)nc23)c1C.Nc1ncc(Br)c2nn(C3CCCCO3)cc12. The van der Waals surface area contributed by atoms with E-state index in [0.29, 0.717) is 47.9 Å². The van der Waals surface area contributed by atoms with Crippen LogP contribution in [0, 0.1) is 13.8 Å². The summed E-state index contributed by atoms with van der Waals surface area (Å²) in [6.45, 7) is 6.13. The number of carbonyl (C=O) groups is 2. The smallest absolute Gasteiger partial charge is 0.314 e. The molecule has 286 valence electrons. The second-order valence-corrected chi connectivity index (χ2v) is 14.7. The topological polar surface area (TPSA) is 181 Å². The van der Waals surface area contributed by atoms with Gasteiger partial charge in [0.15, 0.2) is 0 Å². The summed E-state index contributed by atoms with van der Waals surface area (Å²) in [5, 5.41) is 13.4. The molecule has 2 atom stereocenters. The lowest BCUT2D eigenvalue weighted by atomic mass is 10.0. The number of fused-ring (bicyclic) bond motifs is 2. The van der Waals surface area contributed by atoms with Crippen molar-refractivity contribution in [2.75, 3.05) is 30.0 Å². The molecule has 14 nitrogen and oxygen atoms in total. The highest BCUT2D eigenvalue weighted by molar-refractivity contribution is 9.10. The summed E-state index contributed by atoms with van der Waals surface area (Å²) in [4.78, 5) is 36.7. The van der Waals surface area contributed by atoms with Crippen molar-refractivity contribution in [3.05, 3.63) is 100 Å². The highest BCUT2D eigenvalue weighted by Crippen LogP contribution is 2.31. The van der Waals surface area contributed by atoms with Gasteiger partial charge in [-0.3, -0.25) is 9.59 Å². The van der Waals surface area contributed by atoms with Crippen LogP contribution >= 0.6 is 15.9 Å². The van der Waals surface area contributed by atoms with Crippen molar-refractivity contribution in [1.82, 2.24) is 34.4 Å². The van der Waals surface area contributed by atoms with Crippen LogP contribution in [0.1, 0.15) is 73.2 Å². The monoisotopic (exact) mass is 808 g/mol. The summed E-state index contributed by atoms with van der Waals surface area (Å²) in [6, 6.07) is 15.6. The minimum atomic E-state index is -0.762. The highest BCUT2D eigenvalue weighted by atomic mass is 79.9. The molecule has 0 bridgehead atoms. The number of aryl methyl sites for hydroxylation is 1. The zero-order chi connectivity index (χ0) is 38.5. The van der Waals surface area contributed by atoms with Crippen molar-refractivity contribution >= 4 is 66.9 Å². The van der Waals surface area contributed by atoms with Gasteiger partial charge in [0, 0.05) is 44.9 Å². The Morgan fingerprint density at radius 3 is 2.05 bits per heavy atom. The number of halogens is 1. The first-order chi connectivity index (χ1) is 26.7. The number of ether oxygens (including phenoxy) is 2. The molecule has 4 aromatic heterocycles. The highest BCUT2D eigenvalue weighted by Gasteiger charge is 2.26. The second kappa shape index (κ2) is 17.0. The van der Waals surface area contributed by atoms with Crippen LogP contribution in [-0.4, -0.2) is 59.5 Å². The Bertz CT molecular complexity index is 2260. The average Bonchev–Trinajstić information content (AvgIpc) is 3.88. The molecule has 2 aliphatic heterocycles. The first-order valence-corrected chi connectivity index (χ1v) is 19.3. The molecule has 5 N–H and O–H groups in total. The van der Waals surface area contributed by atoms with Crippen molar-refractivity contribution in [3.8, 4) is 0 Å². The molecular weight excluding hydrogens is 764 g/mol. The summed E-state index contributed by atoms with van der Waals surface area (Å²) in [5.41, 5.74) is 17.7. The van der Waals surface area contributed by atoms with Gasteiger partial charge in [-0.15, -0.1) is 0 Å². The number of nitrogens with zero attached hydrogens (tertiary/aromatic N) is 7. The Morgan fingerprint density at radius 2 is 1.44 bits per heavy atom. The van der Waals surface area contributed by atoms with E-state index >= 15 is 0 Å². The van der Waals surface area contributed by atoms with Gasteiger partial charge in [-0.1, -0.05) is 48.5 Å². The summed E-state index contributed by atoms with van der Waals surface area (Å²) in [7, 11) is 0. The number of benzene rings is 2. The predicted octanol–water partition coefficient (Wildman–Crippen LogP) is 6.97. The van der Waals surface area contributed by atoms with E-state index in [-0.39, 0.29) is 12.5 Å². The fraction of sp³-hybridized carbons (Fsp3) is 0.350. The van der Waals surface area contributed by atoms with Crippen molar-refractivity contribution in [2.24, 2.45) is 0 Å². The van der Waals surface area contributed by atoms with Crippen LogP contribution in [0.3, 0.4) is 0 Å². The summed E-state index contributed by atoms with van der Waals surface area (Å²) < 4.78 is 16.0. The number of rotatable bonds is 7. The van der Waals surface area contributed by atoms with Crippen LogP contribution in [0.15, 0.2) is 77.8 Å². The van der Waals surface area contributed by atoms with Crippen LogP contribution in [-0.2, 0) is 32.2 Å². The van der Waals surface area contributed by atoms with E-state index in [1.54, 1.807) is 22.0 Å². The van der Waals surface area contributed by atoms with Crippen molar-refractivity contribution in [2.45, 2.75) is 77.9 Å². The summed E-state index contributed by atoms with van der Waals surface area (Å²) >= 11 is 3.43. The predicted molar refractivity (Wildman–Crippen MR) is 215 cm³/mol. The largest absolute Gasteiger partial charge is 0.383 e. The fourth-order valence-corrected chi connectivity index (χ4v) is 7.21. The zero-order valence-corrected chi connectivity index (χ0v) is 32.5. The lowest BCUT2D eigenvalue weighted by Crippen LogP contribution is -2.39. The third-order valence-electron chi connectivity index (χ3n) is 10.1. The van der Waals surface area contributed by atoms with E-state index in [1.165, 1.54) is 12.6 Å². The number of carbonyl (C=O) groups excluding carboxylic acids is 2. The van der Waals surface area contributed by atoms with Gasteiger partial charge in [0.05, 0.1) is 27.1 Å². The molecule has 2 unspecified atom stereocenters. The lowest BCUT2D eigenvalue weighted by molar-refractivity contribution is -0.144. The third-order valence-corrected chi connectivity index (χ3v) is 10.7. The van der Waals surface area contributed by atoms with Gasteiger partial charge in [-0.25, -0.2) is 19.3 Å². The van der Waals surface area contributed by atoms with E-state index in [2.05, 4.69) is 41.4 Å². The number of nitrogens with one attached hydrogen (secondary N) is 1. The second-order valence-electron chi connectivity index (χ2n) is 13.9. The van der Waals surface area contributed by atoms with Crippen LogP contribution < -0.4 is 16.8 Å². The molecule has 2 amide bonds. The number of pyridine rings is 2. The van der Waals surface area contributed by atoms with Crippen LogP contribution in [0.2, 0.25) is 0 Å². The molecule has 2 aliphatic rings. The number of hydrogen-bond donors (Lipinski definition) is 3. The minimum Gasteiger partial charge on any atom is -0.383 e. The summed E-state index contributed by atoms with van der Waals surface area (Å²) in [6.07, 6.45) is 12.9. The van der Waals surface area contributed by atoms with Crippen LogP contribution in [0.25, 0.3) is 21.8 Å². The Morgan fingerprint density at radius 1 is 0.818 bits per heavy atom. The molecule has 0 aliphatic carbocycles. The molecule has 2 fully saturated rings. The van der Waals surface area contributed by atoms with Gasteiger partial charge in [0.1, 0.15) is 35.1 Å². The van der Waals surface area contributed by atoms with Gasteiger partial charge in [0.2, 0.25) is 0 Å². The van der Waals surface area contributed by atoms with Gasteiger partial charge >= 0.3 is 11.8 Å². The Hall–Kier alpha value is -5.38. The molecule has 15 heteroatoms. The molecule has 6 heterocycles. The first kappa shape index (κ1) is 37.9. The lowest BCUT2D eigenvalue weighted by Gasteiger charge is -2.24. The van der Waals surface area contributed by atoms with Gasteiger partial charge in [0.25, 0.3) is 0 Å². The number of anilines is 3. The number of hydrogen-bond acceptors (Lipinski definition) is 10. The number of nitrogen functional groups attached to an aromatic ring is 2. The van der Waals surface area contributed by atoms with E-state index in [4.69, 9.17) is 20.9 Å². The van der Waals surface area contributed by atoms with Gasteiger partial charge in [-0.2, -0.15) is 10.2 Å². The first-order valence-electron chi connectivity index (χ1n) is 18.5. The van der Waals surface area contributed by atoms with Crippen molar-refractivity contribution in [3.63, 3.8) is 0 Å². The average molecular weight is 810 g/mol. The maximum Gasteiger partial charge on any atom is 0.314 e. The third kappa shape index (κ3) is 8.64. The van der Waals surface area contributed by atoms with Gasteiger partial charge < -0.3 is 31.2 Å². The zero-order valence-electron chi connectivity index (χ0n) is 31.0. The van der Waals surface area contributed by atoms with Crippen molar-refractivity contribution in [1.29, 1.82) is 0 Å². The van der Waals surface area contributed by atoms with E-state index in [1.807, 2.05) is 73.3 Å². The standard InChI is InChI=1S/C29H32N6O3.C11H13BrN4O/c1-19-9-8-12-22(20(19)2)17-34(16-21-10-4-3-5-11-21)29(37)28(36)32-24-15-31-27(30)23-18-35(33-26(23)24)25-13-6-7-14-38-25;12-8-5-14-11(13)7-6-16(15-10(7)8)9-3-1-2-4-17-9/h3-5,8-12,15,18,25H,6-7,13-14,16-17H2,1-2H3,(H2,30,31)(H,32,36);5-6,9H,1-4H2,(H2,13,14).